The third-order valence-electron chi connectivity index (χ3n) is 6.70. The quantitative estimate of drug-likeness (QED) is 0.630. The van der Waals surface area contributed by atoms with Crippen molar-refractivity contribution in [2.45, 2.75) is 45.6 Å². The first-order valence-electron chi connectivity index (χ1n) is 8.68. The fourth-order valence-electron chi connectivity index (χ4n) is 4.74. The molecule has 2 saturated carbocycles. The standard InChI is InChI=1S/C18H22N4O2S/c1-17(2)12-7-8-13(10-12)18(17,3)19-16-21-20-15(25-16)11-5-4-6-14(9-11)22(23)24/h4-6,9,12-13H,7-8,10H2,1-3H3,(H,19,21). The number of fused-ring (bicyclic) bond motifs is 2. The Labute approximate surface area is 150 Å². The van der Waals surface area contributed by atoms with Crippen LogP contribution in [0.3, 0.4) is 0 Å². The molecule has 7 heteroatoms. The first-order valence-corrected chi connectivity index (χ1v) is 9.49. The van der Waals surface area contributed by atoms with Gasteiger partial charge in [-0.1, -0.05) is 37.3 Å². The van der Waals surface area contributed by atoms with Crippen molar-refractivity contribution in [3.63, 3.8) is 0 Å². The van der Waals surface area contributed by atoms with Crippen molar-refractivity contribution < 1.29 is 4.92 Å². The van der Waals surface area contributed by atoms with Gasteiger partial charge in [0.1, 0.15) is 5.01 Å². The SMILES string of the molecule is CC1(C)C2CCC(C2)C1(C)Nc1nnc(-c2cccc([N+](=O)[O-])c2)s1. The van der Waals surface area contributed by atoms with Gasteiger partial charge in [-0.25, -0.2) is 0 Å². The number of nitrogens with one attached hydrogen (secondary N) is 1. The molecule has 0 spiro atoms. The summed E-state index contributed by atoms with van der Waals surface area (Å²) in [5, 5.41) is 24.7. The van der Waals surface area contributed by atoms with Crippen molar-refractivity contribution in [2.75, 3.05) is 5.32 Å². The number of rotatable bonds is 4. The molecule has 132 valence electrons. The van der Waals surface area contributed by atoms with E-state index in [9.17, 15) is 10.1 Å². The van der Waals surface area contributed by atoms with E-state index in [2.05, 4.69) is 36.3 Å². The van der Waals surface area contributed by atoms with Crippen LogP contribution in [0.2, 0.25) is 0 Å². The summed E-state index contributed by atoms with van der Waals surface area (Å²) in [5.74, 6) is 1.43. The van der Waals surface area contributed by atoms with Gasteiger partial charge in [-0.2, -0.15) is 0 Å². The van der Waals surface area contributed by atoms with Gasteiger partial charge in [-0.3, -0.25) is 10.1 Å². The number of anilines is 1. The molecule has 2 aromatic rings. The highest BCUT2D eigenvalue weighted by Crippen LogP contribution is 2.62. The van der Waals surface area contributed by atoms with E-state index in [1.54, 1.807) is 12.1 Å². The lowest BCUT2D eigenvalue weighted by atomic mass is 9.64. The molecular formula is C18H22N4O2S. The van der Waals surface area contributed by atoms with E-state index >= 15 is 0 Å². The van der Waals surface area contributed by atoms with Crippen LogP contribution in [0.1, 0.15) is 40.0 Å². The van der Waals surface area contributed by atoms with Gasteiger partial charge in [0.05, 0.1) is 4.92 Å². The maximum atomic E-state index is 11.0. The fourth-order valence-corrected chi connectivity index (χ4v) is 5.59. The molecule has 3 unspecified atom stereocenters. The molecule has 3 atom stereocenters. The molecule has 2 aliphatic rings. The van der Waals surface area contributed by atoms with Crippen LogP contribution in [0.5, 0.6) is 0 Å². The smallest absolute Gasteiger partial charge is 0.270 e. The number of nitro groups is 1. The van der Waals surface area contributed by atoms with Gasteiger partial charge >= 0.3 is 0 Å². The number of hydrogen-bond donors (Lipinski definition) is 1. The summed E-state index contributed by atoms with van der Waals surface area (Å²) in [6, 6.07) is 6.55. The molecule has 25 heavy (non-hydrogen) atoms. The number of nitro benzene ring substituents is 1. The molecule has 1 N–H and O–H groups in total. The first-order chi connectivity index (χ1) is 11.8. The second kappa shape index (κ2) is 5.49. The predicted molar refractivity (Wildman–Crippen MR) is 98.6 cm³/mol. The fraction of sp³-hybridized carbons (Fsp3) is 0.556. The lowest BCUT2D eigenvalue weighted by Gasteiger charge is -2.48. The van der Waals surface area contributed by atoms with Crippen molar-refractivity contribution in [1.82, 2.24) is 10.2 Å². The summed E-state index contributed by atoms with van der Waals surface area (Å²) in [6.45, 7) is 7.02. The largest absolute Gasteiger partial charge is 0.354 e. The van der Waals surface area contributed by atoms with Gasteiger partial charge in [-0.05, 0) is 43.4 Å². The molecule has 2 fully saturated rings. The van der Waals surface area contributed by atoms with E-state index in [0.29, 0.717) is 10.9 Å². The molecule has 1 aromatic heterocycles. The van der Waals surface area contributed by atoms with Crippen molar-refractivity contribution in [1.29, 1.82) is 0 Å². The van der Waals surface area contributed by atoms with Crippen LogP contribution in [0.4, 0.5) is 10.8 Å². The normalized spacial score (nSPS) is 29.7. The van der Waals surface area contributed by atoms with E-state index in [-0.39, 0.29) is 21.6 Å². The molecule has 0 radical (unpaired) electrons. The highest BCUT2D eigenvalue weighted by Gasteiger charge is 2.60. The molecule has 2 aliphatic carbocycles. The number of non-ortho nitro benzene ring substituents is 1. The van der Waals surface area contributed by atoms with Crippen molar-refractivity contribution in [2.24, 2.45) is 17.3 Å². The van der Waals surface area contributed by atoms with E-state index in [0.717, 1.165) is 16.6 Å². The molecule has 4 rings (SSSR count). The number of hydrogen-bond acceptors (Lipinski definition) is 6. The van der Waals surface area contributed by atoms with Gasteiger partial charge in [0.15, 0.2) is 0 Å². The van der Waals surface area contributed by atoms with Crippen LogP contribution in [0, 0.1) is 27.4 Å². The second-order valence-electron chi connectivity index (χ2n) is 7.98. The Hall–Kier alpha value is -2.02. The topological polar surface area (TPSA) is 81.0 Å². The average molecular weight is 358 g/mol. The van der Waals surface area contributed by atoms with Gasteiger partial charge in [0, 0.05) is 23.2 Å². The van der Waals surface area contributed by atoms with Crippen LogP contribution < -0.4 is 5.32 Å². The average Bonchev–Trinajstić information content (AvgIpc) is 3.27. The lowest BCUT2D eigenvalue weighted by molar-refractivity contribution is -0.384. The van der Waals surface area contributed by atoms with Crippen molar-refractivity contribution >= 4 is 22.2 Å². The van der Waals surface area contributed by atoms with E-state index in [1.165, 1.54) is 36.7 Å². The molecule has 0 saturated heterocycles. The minimum absolute atomic E-state index is 0.00933. The molecule has 2 bridgehead atoms. The molecule has 1 aromatic carbocycles. The maximum Gasteiger partial charge on any atom is 0.270 e. The second-order valence-corrected chi connectivity index (χ2v) is 8.95. The molecular weight excluding hydrogens is 336 g/mol. The third kappa shape index (κ3) is 2.44. The maximum absolute atomic E-state index is 11.0. The Bertz CT molecular complexity index is 834. The van der Waals surface area contributed by atoms with Crippen LogP contribution in [0.25, 0.3) is 10.6 Å². The Morgan fingerprint density at radius 3 is 2.68 bits per heavy atom. The molecule has 0 aliphatic heterocycles. The number of benzene rings is 1. The van der Waals surface area contributed by atoms with Crippen LogP contribution in [0.15, 0.2) is 24.3 Å². The van der Waals surface area contributed by atoms with Crippen LogP contribution >= 0.6 is 11.3 Å². The highest BCUT2D eigenvalue weighted by atomic mass is 32.1. The molecule has 0 amide bonds. The summed E-state index contributed by atoms with van der Waals surface area (Å²) in [4.78, 5) is 10.6. The Kier molecular flexibility index (Phi) is 3.61. The monoisotopic (exact) mass is 358 g/mol. The van der Waals surface area contributed by atoms with E-state index in [4.69, 9.17) is 0 Å². The summed E-state index contributed by atoms with van der Waals surface area (Å²) in [5.41, 5.74) is 1.03. The molecule has 6 nitrogen and oxygen atoms in total. The summed E-state index contributed by atoms with van der Waals surface area (Å²) < 4.78 is 0. The van der Waals surface area contributed by atoms with E-state index < -0.39 is 0 Å². The van der Waals surface area contributed by atoms with Crippen molar-refractivity contribution in [3.05, 3.63) is 34.4 Å². The minimum atomic E-state index is -0.386. The van der Waals surface area contributed by atoms with Crippen molar-refractivity contribution in [3.8, 4) is 10.6 Å². The Morgan fingerprint density at radius 2 is 2.00 bits per heavy atom. The number of aromatic nitrogens is 2. The zero-order valence-electron chi connectivity index (χ0n) is 14.7. The molecule has 1 heterocycles. The predicted octanol–water partition coefficient (Wildman–Crippen LogP) is 4.74. The minimum Gasteiger partial charge on any atom is -0.354 e. The van der Waals surface area contributed by atoms with Gasteiger partial charge in [-0.15, -0.1) is 10.2 Å². The van der Waals surface area contributed by atoms with Crippen LogP contribution in [-0.4, -0.2) is 20.7 Å². The van der Waals surface area contributed by atoms with Gasteiger partial charge in [0.25, 0.3) is 5.69 Å². The zero-order valence-corrected chi connectivity index (χ0v) is 15.5. The Morgan fingerprint density at radius 1 is 1.24 bits per heavy atom. The zero-order chi connectivity index (χ0) is 17.8. The van der Waals surface area contributed by atoms with Gasteiger partial charge < -0.3 is 5.32 Å². The first kappa shape index (κ1) is 16.4. The van der Waals surface area contributed by atoms with Gasteiger partial charge in [0.2, 0.25) is 5.13 Å². The Balaban J connectivity index is 1.60. The summed E-state index contributed by atoms with van der Waals surface area (Å²) in [7, 11) is 0. The summed E-state index contributed by atoms with van der Waals surface area (Å²) >= 11 is 1.46. The summed E-state index contributed by atoms with van der Waals surface area (Å²) in [6.07, 6.45) is 3.88. The highest BCUT2D eigenvalue weighted by molar-refractivity contribution is 7.18. The van der Waals surface area contributed by atoms with Crippen LogP contribution in [-0.2, 0) is 0 Å². The number of nitrogens with zero attached hydrogens (tertiary/aromatic N) is 3. The lowest BCUT2D eigenvalue weighted by Crippen LogP contribution is -2.52. The third-order valence-corrected chi connectivity index (χ3v) is 7.59. The van der Waals surface area contributed by atoms with E-state index in [1.807, 2.05) is 6.07 Å².